The fraction of sp³-hybridized carbons (Fsp3) is 0.385. The van der Waals surface area contributed by atoms with Crippen molar-refractivity contribution in [3.63, 3.8) is 0 Å². The van der Waals surface area contributed by atoms with Gasteiger partial charge in [-0.05, 0) is 30.7 Å². The van der Waals surface area contributed by atoms with Crippen molar-refractivity contribution in [2.24, 2.45) is 0 Å². The molecule has 1 atom stereocenters. The SMILES string of the molecule is CN1CCC(NC(=O)COc2ccc(N)cc2)C1=O. The number of nitrogens with two attached hydrogens (primary N) is 1. The van der Waals surface area contributed by atoms with Crippen molar-refractivity contribution < 1.29 is 14.3 Å². The maximum Gasteiger partial charge on any atom is 0.258 e. The van der Waals surface area contributed by atoms with Crippen LogP contribution in [0.15, 0.2) is 24.3 Å². The Morgan fingerprint density at radius 2 is 2.16 bits per heavy atom. The zero-order valence-electron chi connectivity index (χ0n) is 10.8. The van der Waals surface area contributed by atoms with E-state index in [0.717, 1.165) is 0 Å². The molecule has 2 amide bonds. The lowest BCUT2D eigenvalue weighted by molar-refractivity contribution is -0.132. The van der Waals surface area contributed by atoms with E-state index in [1.807, 2.05) is 0 Å². The van der Waals surface area contributed by atoms with Crippen LogP contribution in [0, 0.1) is 0 Å². The second-order valence-corrected chi connectivity index (χ2v) is 4.53. The lowest BCUT2D eigenvalue weighted by atomic mass is 10.2. The van der Waals surface area contributed by atoms with Crippen LogP contribution in [0.3, 0.4) is 0 Å². The first-order chi connectivity index (χ1) is 9.06. The van der Waals surface area contributed by atoms with Crippen molar-refractivity contribution >= 4 is 17.5 Å². The number of rotatable bonds is 4. The molecule has 1 fully saturated rings. The van der Waals surface area contributed by atoms with Crippen molar-refractivity contribution in [1.82, 2.24) is 10.2 Å². The number of nitrogen functional groups attached to an aromatic ring is 1. The van der Waals surface area contributed by atoms with E-state index >= 15 is 0 Å². The minimum Gasteiger partial charge on any atom is -0.484 e. The van der Waals surface area contributed by atoms with E-state index < -0.39 is 6.04 Å². The van der Waals surface area contributed by atoms with Crippen LogP contribution in [-0.4, -0.2) is 43.0 Å². The minimum atomic E-state index is -0.424. The number of carbonyl (C=O) groups excluding carboxylic acids is 2. The molecule has 1 aromatic carbocycles. The Bertz CT molecular complexity index is 473. The summed E-state index contributed by atoms with van der Waals surface area (Å²) < 4.78 is 5.30. The first-order valence-corrected chi connectivity index (χ1v) is 6.09. The lowest BCUT2D eigenvalue weighted by Gasteiger charge is -2.12. The van der Waals surface area contributed by atoms with Crippen LogP contribution >= 0.6 is 0 Å². The summed E-state index contributed by atoms with van der Waals surface area (Å²) in [6, 6.07) is 6.35. The van der Waals surface area contributed by atoms with E-state index in [1.54, 1.807) is 36.2 Å². The van der Waals surface area contributed by atoms with E-state index in [1.165, 1.54) is 0 Å². The number of benzene rings is 1. The predicted molar refractivity (Wildman–Crippen MR) is 70.5 cm³/mol. The van der Waals surface area contributed by atoms with Crippen LogP contribution < -0.4 is 15.8 Å². The molecule has 19 heavy (non-hydrogen) atoms. The predicted octanol–water partition coefficient (Wildman–Crippen LogP) is -0.00550. The van der Waals surface area contributed by atoms with Gasteiger partial charge in [0.25, 0.3) is 5.91 Å². The molecule has 1 aromatic rings. The molecule has 0 aromatic heterocycles. The van der Waals surface area contributed by atoms with Gasteiger partial charge >= 0.3 is 0 Å². The Morgan fingerprint density at radius 3 is 2.74 bits per heavy atom. The number of ether oxygens (including phenoxy) is 1. The molecule has 6 heteroatoms. The third-order valence-electron chi connectivity index (χ3n) is 3.01. The van der Waals surface area contributed by atoms with Gasteiger partial charge in [-0.25, -0.2) is 0 Å². The van der Waals surface area contributed by atoms with Gasteiger partial charge in [0, 0.05) is 19.3 Å². The van der Waals surface area contributed by atoms with Gasteiger partial charge in [0.15, 0.2) is 6.61 Å². The third kappa shape index (κ3) is 3.37. The molecule has 3 N–H and O–H groups in total. The molecule has 1 heterocycles. The summed E-state index contributed by atoms with van der Waals surface area (Å²) in [7, 11) is 1.72. The lowest BCUT2D eigenvalue weighted by Crippen LogP contribution is -2.42. The third-order valence-corrected chi connectivity index (χ3v) is 3.01. The summed E-state index contributed by atoms with van der Waals surface area (Å²) in [6.45, 7) is 0.556. The first-order valence-electron chi connectivity index (χ1n) is 6.09. The van der Waals surface area contributed by atoms with E-state index in [-0.39, 0.29) is 18.4 Å². The normalized spacial score (nSPS) is 18.5. The van der Waals surface area contributed by atoms with E-state index in [2.05, 4.69) is 5.32 Å². The number of carbonyl (C=O) groups is 2. The highest BCUT2D eigenvalue weighted by atomic mass is 16.5. The average Bonchev–Trinajstić information content (AvgIpc) is 2.70. The second-order valence-electron chi connectivity index (χ2n) is 4.53. The van der Waals surface area contributed by atoms with Gasteiger partial charge in [0.1, 0.15) is 11.8 Å². The monoisotopic (exact) mass is 263 g/mol. The van der Waals surface area contributed by atoms with Crippen LogP contribution in [0.1, 0.15) is 6.42 Å². The number of amides is 2. The maximum absolute atomic E-state index is 11.7. The molecule has 2 rings (SSSR count). The van der Waals surface area contributed by atoms with Crippen molar-refractivity contribution in [2.45, 2.75) is 12.5 Å². The van der Waals surface area contributed by atoms with Gasteiger partial charge in [-0.2, -0.15) is 0 Å². The van der Waals surface area contributed by atoms with Gasteiger partial charge < -0.3 is 20.7 Å². The molecule has 0 saturated carbocycles. The minimum absolute atomic E-state index is 0.0548. The maximum atomic E-state index is 11.7. The molecule has 1 aliphatic heterocycles. The summed E-state index contributed by atoms with van der Waals surface area (Å²) >= 11 is 0. The summed E-state index contributed by atoms with van der Waals surface area (Å²) in [5.41, 5.74) is 6.18. The van der Waals surface area contributed by atoms with Crippen LogP contribution in [-0.2, 0) is 9.59 Å². The number of hydrogen-bond donors (Lipinski definition) is 2. The summed E-state index contributed by atoms with van der Waals surface area (Å²) in [5, 5.41) is 2.66. The van der Waals surface area contributed by atoms with Gasteiger partial charge in [0.2, 0.25) is 5.91 Å². The molecule has 0 bridgehead atoms. The summed E-state index contributed by atoms with van der Waals surface area (Å²) in [6.07, 6.45) is 0.642. The molecule has 0 spiro atoms. The van der Waals surface area contributed by atoms with Crippen LogP contribution in [0.2, 0.25) is 0 Å². The molecule has 1 unspecified atom stereocenters. The van der Waals surface area contributed by atoms with E-state index in [9.17, 15) is 9.59 Å². The molecular formula is C13H17N3O3. The van der Waals surface area contributed by atoms with Gasteiger partial charge in [-0.1, -0.05) is 0 Å². The number of nitrogens with zero attached hydrogens (tertiary/aromatic N) is 1. The largest absolute Gasteiger partial charge is 0.484 e. The Morgan fingerprint density at radius 1 is 1.47 bits per heavy atom. The average molecular weight is 263 g/mol. The Kier molecular flexibility index (Phi) is 3.89. The second kappa shape index (κ2) is 5.60. The fourth-order valence-corrected chi connectivity index (χ4v) is 1.91. The van der Waals surface area contributed by atoms with Crippen LogP contribution in [0.25, 0.3) is 0 Å². The number of anilines is 1. The van der Waals surface area contributed by atoms with Crippen LogP contribution in [0.5, 0.6) is 5.75 Å². The van der Waals surface area contributed by atoms with Crippen molar-refractivity contribution in [3.8, 4) is 5.75 Å². The Labute approximate surface area is 111 Å². The topological polar surface area (TPSA) is 84.7 Å². The highest BCUT2D eigenvalue weighted by molar-refractivity contribution is 5.89. The molecule has 1 saturated heterocycles. The zero-order valence-corrected chi connectivity index (χ0v) is 10.8. The number of likely N-dealkylation sites (N-methyl/N-ethyl adjacent to an activating group) is 1. The van der Waals surface area contributed by atoms with E-state index in [4.69, 9.17) is 10.5 Å². The van der Waals surface area contributed by atoms with Gasteiger partial charge in [0.05, 0.1) is 0 Å². The molecule has 1 aliphatic rings. The zero-order chi connectivity index (χ0) is 13.8. The molecule has 0 aliphatic carbocycles. The van der Waals surface area contributed by atoms with Gasteiger partial charge in [-0.15, -0.1) is 0 Å². The fourth-order valence-electron chi connectivity index (χ4n) is 1.91. The quantitative estimate of drug-likeness (QED) is 0.749. The number of nitrogens with one attached hydrogen (secondary N) is 1. The molecule has 102 valence electrons. The molecule has 0 radical (unpaired) electrons. The van der Waals surface area contributed by atoms with Crippen molar-refractivity contribution in [1.29, 1.82) is 0 Å². The molecule has 6 nitrogen and oxygen atoms in total. The molecular weight excluding hydrogens is 246 g/mol. The highest BCUT2D eigenvalue weighted by Gasteiger charge is 2.30. The van der Waals surface area contributed by atoms with Crippen molar-refractivity contribution in [2.75, 3.05) is 25.9 Å². The summed E-state index contributed by atoms with van der Waals surface area (Å²) in [4.78, 5) is 24.9. The smallest absolute Gasteiger partial charge is 0.258 e. The van der Waals surface area contributed by atoms with E-state index in [0.29, 0.717) is 24.4 Å². The summed E-state index contributed by atoms with van der Waals surface area (Å²) in [5.74, 6) is 0.213. The standard InChI is InChI=1S/C13H17N3O3/c1-16-7-6-11(13(16)18)15-12(17)8-19-10-4-2-9(14)3-5-10/h2-5,11H,6-8,14H2,1H3,(H,15,17). The number of likely N-dealkylation sites (tertiary alicyclic amines) is 1. The number of hydrogen-bond acceptors (Lipinski definition) is 4. The van der Waals surface area contributed by atoms with Gasteiger partial charge in [-0.3, -0.25) is 9.59 Å². The Hall–Kier alpha value is -2.24. The van der Waals surface area contributed by atoms with Crippen molar-refractivity contribution in [3.05, 3.63) is 24.3 Å². The highest BCUT2D eigenvalue weighted by Crippen LogP contribution is 2.13. The Balaban J connectivity index is 1.79. The van der Waals surface area contributed by atoms with Crippen LogP contribution in [0.4, 0.5) is 5.69 Å². The first kappa shape index (κ1) is 13.2.